The van der Waals surface area contributed by atoms with Gasteiger partial charge in [-0.15, -0.1) is 0 Å². The minimum atomic E-state index is -3.76. The molecule has 1 heterocycles. The fourth-order valence-electron chi connectivity index (χ4n) is 1.76. The molecule has 0 bridgehead atoms. The zero-order chi connectivity index (χ0) is 14.9. The first-order valence-electron chi connectivity index (χ1n) is 5.85. The summed E-state index contributed by atoms with van der Waals surface area (Å²) in [6.45, 7) is 3.40. The molecular formula is C12H15FN4O2S. The van der Waals surface area contributed by atoms with E-state index in [4.69, 9.17) is 5.73 Å². The zero-order valence-corrected chi connectivity index (χ0v) is 11.9. The molecule has 0 saturated carbocycles. The minimum Gasteiger partial charge on any atom is -0.396 e. The Morgan fingerprint density at radius 2 is 2.10 bits per heavy atom. The van der Waals surface area contributed by atoms with Crippen LogP contribution in [0.1, 0.15) is 16.8 Å². The fourth-order valence-corrected chi connectivity index (χ4v) is 3.03. The number of nitrogens with zero attached hydrogens (tertiary/aromatic N) is 1. The largest absolute Gasteiger partial charge is 0.396 e. The highest BCUT2D eigenvalue weighted by Gasteiger charge is 2.19. The average Bonchev–Trinajstić information content (AvgIpc) is 2.77. The lowest BCUT2D eigenvalue weighted by atomic mass is 10.2. The number of aryl methyl sites for hydroxylation is 2. The molecule has 2 rings (SSSR count). The van der Waals surface area contributed by atoms with Crippen molar-refractivity contribution in [3.63, 3.8) is 0 Å². The van der Waals surface area contributed by atoms with Crippen LogP contribution in [0.15, 0.2) is 23.2 Å². The molecule has 0 amide bonds. The number of hydrogen-bond acceptors (Lipinski definition) is 4. The van der Waals surface area contributed by atoms with E-state index >= 15 is 0 Å². The molecule has 1 aromatic heterocycles. The van der Waals surface area contributed by atoms with Crippen LogP contribution in [-0.2, 0) is 16.6 Å². The lowest BCUT2D eigenvalue weighted by Crippen LogP contribution is -2.24. The topological polar surface area (TPSA) is 101 Å². The molecular weight excluding hydrogens is 283 g/mol. The smallest absolute Gasteiger partial charge is 0.241 e. The second-order valence-electron chi connectivity index (χ2n) is 4.48. The van der Waals surface area contributed by atoms with Crippen LogP contribution in [0.5, 0.6) is 0 Å². The molecule has 6 nitrogen and oxygen atoms in total. The number of anilines is 1. The summed E-state index contributed by atoms with van der Waals surface area (Å²) in [6.07, 6.45) is 1.55. The fraction of sp³-hybridized carbons (Fsp3) is 0.250. The summed E-state index contributed by atoms with van der Waals surface area (Å²) in [5.41, 5.74) is 7.04. The first-order chi connectivity index (χ1) is 9.31. The number of aromatic amines is 1. The number of H-pyrrole nitrogens is 1. The van der Waals surface area contributed by atoms with E-state index in [0.717, 1.165) is 23.4 Å². The third-order valence-electron chi connectivity index (χ3n) is 2.97. The van der Waals surface area contributed by atoms with E-state index in [2.05, 4.69) is 14.9 Å². The Kier molecular flexibility index (Phi) is 3.78. The van der Waals surface area contributed by atoms with Gasteiger partial charge in [-0.1, -0.05) is 0 Å². The standard InChI is InChI=1S/C12H15FN4O2S/c1-7-3-10(13)11(14)4-12(7)20(18,19)16-6-9-5-15-17-8(9)2/h3-5,16H,6,14H2,1-2H3,(H,15,17). The van der Waals surface area contributed by atoms with Gasteiger partial charge in [0.15, 0.2) is 0 Å². The van der Waals surface area contributed by atoms with Crippen LogP contribution in [0.2, 0.25) is 0 Å². The molecule has 1 aromatic carbocycles. The molecule has 0 aliphatic carbocycles. The maximum Gasteiger partial charge on any atom is 0.241 e. The van der Waals surface area contributed by atoms with E-state index in [0.29, 0.717) is 5.56 Å². The van der Waals surface area contributed by atoms with Crippen molar-refractivity contribution in [2.75, 3.05) is 5.73 Å². The van der Waals surface area contributed by atoms with Crippen LogP contribution < -0.4 is 10.5 Å². The van der Waals surface area contributed by atoms with E-state index in [-0.39, 0.29) is 17.1 Å². The Morgan fingerprint density at radius 3 is 2.70 bits per heavy atom. The summed E-state index contributed by atoms with van der Waals surface area (Å²) in [6, 6.07) is 2.22. The van der Waals surface area contributed by atoms with Crippen LogP contribution in [0.3, 0.4) is 0 Å². The van der Waals surface area contributed by atoms with Gasteiger partial charge in [-0.3, -0.25) is 5.10 Å². The van der Waals surface area contributed by atoms with Crippen molar-refractivity contribution in [1.82, 2.24) is 14.9 Å². The predicted octanol–water partition coefficient (Wildman–Crippen LogP) is 1.23. The van der Waals surface area contributed by atoms with Crippen molar-refractivity contribution < 1.29 is 12.8 Å². The number of nitrogens with two attached hydrogens (primary N) is 1. The van der Waals surface area contributed by atoms with E-state index in [1.807, 2.05) is 0 Å². The Labute approximate surface area is 116 Å². The monoisotopic (exact) mass is 298 g/mol. The summed E-state index contributed by atoms with van der Waals surface area (Å²) in [4.78, 5) is -0.0300. The van der Waals surface area contributed by atoms with Gasteiger partial charge in [-0.05, 0) is 31.5 Å². The first kappa shape index (κ1) is 14.5. The van der Waals surface area contributed by atoms with Crippen molar-refractivity contribution in [3.8, 4) is 0 Å². The number of rotatable bonds is 4. The molecule has 0 aliphatic rings. The van der Waals surface area contributed by atoms with Crippen LogP contribution in [-0.4, -0.2) is 18.6 Å². The molecule has 0 unspecified atom stereocenters. The molecule has 0 radical (unpaired) electrons. The van der Waals surface area contributed by atoms with E-state index in [1.54, 1.807) is 13.1 Å². The van der Waals surface area contributed by atoms with Crippen LogP contribution in [0.4, 0.5) is 10.1 Å². The maximum atomic E-state index is 13.3. The predicted molar refractivity (Wildman–Crippen MR) is 72.9 cm³/mol. The quantitative estimate of drug-likeness (QED) is 0.739. The Bertz CT molecular complexity index is 740. The van der Waals surface area contributed by atoms with Gasteiger partial charge in [0.1, 0.15) is 5.82 Å². The van der Waals surface area contributed by atoms with Crippen molar-refractivity contribution in [1.29, 1.82) is 0 Å². The van der Waals surface area contributed by atoms with Crippen LogP contribution in [0, 0.1) is 19.7 Å². The van der Waals surface area contributed by atoms with Crippen molar-refractivity contribution in [2.24, 2.45) is 0 Å². The van der Waals surface area contributed by atoms with Gasteiger partial charge in [0.2, 0.25) is 10.0 Å². The third-order valence-corrected chi connectivity index (χ3v) is 4.51. The highest BCUT2D eigenvalue weighted by atomic mass is 32.2. The molecule has 2 aromatic rings. The van der Waals surface area contributed by atoms with Crippen molar-refractivity contribution >= 4 is 15.7 Å². The minimum absolute atomic E-state index is 0.0300. The van der Waals surface area contributed by atoms with E-state index in [1.165, 1.54) is 6.92 Å². The zero-order valence-electron chi connectivity index (χ0n) is 11.1. The SMILES string of the molecule is Cc1cc(F)c(N)cc1S(=O)(=O)NCc1cn[nH]c1C. The number of hydrogen-bond donors (Lipinski definition) is 3. The molecule has 0 fully saturated rings. The number of nitrogens with one attached hydrogen (secondary N) is 2. The summed E-state index contributed by atoms with van der Waals surface area (Å²) >= 11 is 0. The number of halogens is 1. The van der Waals surface area contributed by atoms with Crippen LogP contribution in [0.25, 0.3) is 0 Å². The van der Waals surface area contributed by atoms with E-state index < -0.39 is 15.8 Å². The Morgan fingerprint density at radius 1 is 1.40 bits per heavy atom. The second-order valence-corrected chi connectivity index (χ2v) is 6.22. The van der Waals surface area contributed by atoms with Gasteiger partial charge in [0.25, 0.3) is 0 Å². The molecule has 0 saturated heterocycles. The number of benzene rings is 1. The lowest BCUT2D eigenvalue weighted by molar-refractivity contribution is 0.579. The molecule has 8 heteroatoms. The van der Waals surface area contributed by atoms with Gasteiger partial charge >= 0.3 is 0 Å². The maximum absolute atomic E-state index is 13.3. The van der Waals surface area contributed by atoms with Crippen molar-refractivity contribution in [2.45, 2.75) is 25.3 Å². The number of sulfonamides is 1. The molecule has 108 valence electrons. The Balaban J connectivity index is 2.27. The van der Waals surface area contributed by atoms with Crippen molar-refractivity contribution in [3.05, 3.63) is 41.0 Å². The summed E-state index contributed by atoms with van der Waals surface area (Å²) in [5.74, 6) is -0.632. The van der Waals surface area contributed by atoms with Gasteiger partial charge in [-0.25, -0.2) is 17.5 Å². The number of nitrogen functional groups attached to an aromatic ring is 1. The third kappa shape index (κ3) is 2.81. The molecule has 0 spiro atoms. The molecule has 4 N–H and O–H groups in total. The normalized spacial score (nSPS) is 11.8. The highest BCUT2D eigenvalue weighted by Crippen LogP contribution is 2.21. The van der Waals surface area contributed by atoms with Gasteiger partial charge in [0.05, 0.1) is 16.8 Å². The second kappa shape index (κ2) is 5.22. The average molecular weight is 298 g/mol. The number of aromatic nitrogens is 2. The van der Waals surface area contributed by atoms with Gasteiger partial charge in [0, 0.05) is 17.8 Å². The molecule has 0 aliphatic heterocycles. The first-order valence-corrected chi connectivity index (χ1v) is 7.33. The lowest BCUT2D eigenvalue weighted by Gasteiger charge is -2.10. The summed E-state index contributed by atoms with van der Waals surface area (Å²) in [5, 5.41) is 6.53. The van der Waals surface area contributed by atoms with Gasteiger partial charge < -0.3 is 5.73 Å². The molecule has 20 heavy (non-hydrogen) atoms. The van der Waals surface area contributed by atoms with Crippen LogP contribution >= 0.6 is 0 Å². The summed E-state index contributed by atoms with van der Waals surface area (Å²) < 4.78 is 40.1. The highest BCUT2D eigenvalue weighted by molar-refractivity contribution is 7.89. The van der Waals surface area contributed by atoms with Gasteiger partial charge in [-0.2, -0.15) is 5.10 Å². The molecule has 0 atom stereocenters. The Hall–Kier alpha value is -1.93. The van der Waals surface area contributed by atoms with E-state index in [9.17, 15) is 12.8 Å². The summed E-state index contributed by atoms with van der Waals surface area (Å²) in [7, 11) is -3.76.